The summed E-state index contributed by atoms with van der Waals surface area (Å²) in [5, 5.41) is 8.27. The Morgan fingerprint density at radius 1 is 1.26 bits per heavy atom. The second-order valence-electron chi connectivity index (χ2n) is 6.47. The molecule has 4 nitrogen and oxygen atoms in total. The largest absolute Gasteiger partial charge is 0.357 e. The van der Waals surface area contributed by atoms with E-state index in [2.05, 4.69) is 22.8 Å². The molecule has 1 saturated carbocycles. The number of nitrogens with zero attached hydrogens (tertiary/aromatic N) is 2. The molecule has 2 aliphatic heterocycles. The van der Waals surface area contributed by atoms with Gasteiger partial charge >= 0.3 is 0 Å². The predicted octanol–water partition coefficient (Wildman–Crippen LogP) is 2.58. The van der Waals surface area contributed by atoms with Gasteiger partial charge in [0, 0.05) is 24.9 Å². The van der Waals surface area contributed by atoms with E-state index in [0.717, 1.165) is 19.6 Å². The monoisotopic (exact) mass is 261 g/mol. The van der Waals surface area contributed by atoms with Gasteiger partial charge in [-0.3, -0.25) is 0 Å². The average Bonchev–Trinajstić information content (AvgIpc) is 3.04. The van der Waals surface area contributed by atoms with Gasteiger partial charge in [-0.25, -0.2) is 4.68 Å². The maximum atomic E-state index is 5.79. The zero-order valence-electron chi connectivity index (χ0n) is 11.5. The number of rotatable bonds is 2. The standard InChI is InChI=1S/C15H23N3O/c1-2-8-19-14(3-1)18-11-13(10-17-18)12-4-5-15(6-7-15)16-9-12/h10-12,14,16H,1-9H2. The molecule has 19 heavy (non-hydrogen) atoms. The van der Waals surface area contributed by atoms with Crippen LogP contribution < -0.4 is 5.32 Å². The Balaban J connectivity index is 1.42. The SMILES string of the molecule is c1nn(C2CCCCO2)cc1C1CCC2(CC2)NC1. The molecule has 1 aliphatic carbocycles. The van der Waals surface area contributed by atoms with E-state index < -0.39 is 0 Å². The van der Waals surface area contributed by atoms with Gasteiger partial charge in [0.15, 0.2) is 0 Å². The highest BCUT2D eigenvalue weighted by atomic mass is 16.5. The molecule has 3 heterocycles. The third kappa shape index (κ3) is 2.32. The van der Waals surface area contributed by atoms with Crippen molar-refractivity contribution in [1.82, 2.24) is 15.1 Å². The fraction of sp³-hybridized carbons (Fsp3) is 0.800. The van der Waals surface area contributed by atoms with Gasteiger partial charge in [-0.1, -0.05) is 0 Å². The summed E-state index contributed by atoms with van der Waals surface area (Å²) in [7, 11) is 0. The maximum absolute atomic E-state index is 5.79. The van der Waals surface area contributed by atoms with Crippen molar-refractivity contribution in [2.24, 2.45) is 0 Å². The Labute approximate surface area is 114 Å². The van der Waals surface area contributed by atoms with Gasteiger partial charge in [0.2, 0.25) is 0 Å². The quantitative estimate of drug-likeness (QED) is 0.889. The molecule has 1 N–H and O–H groups in total. The Morgan fingerprint density at radius 3 is 2.89 bits per heavy atom. The fourth-order valence-electron chi connectivity index (χ4n) is 3.50. The van der Waals surface area contributed by atoms with Crippen LogP contribution in [0.4, 0.5) is 0 Å². The van der Waals surface area contributed by atoms with E-state index in [1.165, 1.54) is 44.1 Å². The number of hydrogen-bond acceptors (Lipinski definition) is 3. The molecule has 2 unspecified atom stereocenters. The molecule has 0 amide bonds. The van der Waals surface area contributed by atoms with Crippen molar-refractivity contribution in [3.05, 3.63) is 18.0 Å². The summed E-state index contributed by atoms with van der Waals surface area (Å²) in [4.78, 5) is 0. The topological polar surface area (TPSA) is 39.1 Å². The summed E-state index contributed by atoms with van der Waals surface area (Å²) in [5.41, 5.74) is 1.93. The summed E-state index contributed by atoms with van der Waals surface area (Å²) in [6.07, 6.45) is 13.4. The van der Waals surface area contributed by atoms with Crippen molar-refractivity contribution in [2.75, 3.05) is 13.2 Å². The van der Waals surface area contributed by atoms with Crippen molar-refractivity contribution >= 4 is 0 Å². The van der Waals surface area contributed by atoms with Crippen LogP contribution in [0, 0.1) is 0 Å². The van der Waals surface area contributed by atoms with Crippen LogP contribution in [0.5, 0.6) is 0 Å². The van der Waals surface area contributed by atoms with Crippen molar-refractivity contribution in [1.29, 1.82) is 0 Å². The van der Waals surface area contributed by atoms with Crippen molar-refractivity contribution in [3.8, 4) is 0 Å². The van der Waals surface area contributed by atoms with Gasteiger partial charge < -0.3 is 10.1 Å². The lowest BCUT2D eigenvalue weighted by Gasteiger charge is -2.29. The van der Waals surface area contributed by atoms with Crippen molar-refractivity contribution in [3.63, 3.8) is 0 Å². The predicted molar refractivity (Wildman–Crippen MR) is 73.0 cm³/mol. The molecule has 4 heteroatoms. The third-order valence-corrected chi connectivity index (χ3v) is 5.09. The molecule has 0 radical (unpaired) electrons. The number of aromatic nitrogens is 2. The minimum Gasteiger partial charge on any atom is -0.357 e. The Kier molecular flexibility index (Phi) is 2.88. The van der Waals surface area contributed by atoms with Crippen LogP contribution in [-0.4, -0.2) is 28.5 Å². The first kappa shape index (κ1) is 11.9. The summed E-state index contributed by atoms with van der Waals surface area (Å²) >= 11 is 0. The van der Waals surface area contributed by atoms with E-state index in [1.807, 2.05) is 4.68 Å². The lowest BCUT2D eigenvalue weighted by atomic mass is 9.89. The summed E-state index contributed by atoms with van der Waals surface area (Å²) in [5.74, 6) is 0.642. The van der Waals surface area contributed by atoms with Gasteiger partial charge in [-0.2, -0.15) is 5.10 Å². The molecular weight excluding hydrogens is 238 g/mol. The Bertz CT molecular complexity index is 436. The fourth-order valence-corrected chi connectivity index (χ4v) is 3.50. The molecule has 1 spiro atoms. The molecule has 0 bridgehead atoms. The van der Waals surface area contributed by atoms with E-state index in [4.69, 9.17) is 4.74 Å². The molecule has 4 rings (SSSR count). The average molecular weight is 261 g/mol. The third-order valence-electron chi connectivity index (χ3n) is 5.09. The summed E-state index contributed by atoms with van der Waals surface area (Å²) in [6.45, 7) is 2.00. The highest BCUT2D eigenvalue weighted by molar-refractivity contribution is 5.17. The summed E-state index contributed by atoms with van der Waals surface area (Å²) < 4.78 is 7.83. The lowest BCUT2D eigenvalue weighted by Crippen LogP contribution is -2.39. The van der Waals surface area contributed by atoms with E-state index in [9.17, 15) is 0 Å². The lowest BCUT2D eigenvalue weighted by molar-refractivity contribution is -0.0395. The van der Waals surface area contributed by atoms with E-state index >= 15 is 0 Å². The van der Waals surface area contributed by atoms with Crippen LogP contribution in [-0.2, 0) is 4.74 Å². The molecule has 2 atom stereocenters. The minimum absolute atomic E-state index is 0.175. The Morgan fingerprint density at radius 2 is 2.21 bits per heavy atom. The smallest absolute Gasteiger partial charge is 0.150 e. The number of hydrogen-bond donors (Lipinski definition) is 1. The van der Waals surface area contributed by atoms with Crippen LogP contribution in [0.15, 0.2) is 12.4 Å². The Hall–Kier alpha value is -0.870. The van der Waals surface area contributed by atoms with E-state index in [1.54, 1.807) is 0 Å². The van der Waals surface area contributed by atoms with Gasteiger partial charge in [0.05, 0.1) is 6.20 Å². The van der Waals surface area contributed by atoms with Crippen molar-refractivity contribution < 1.29 is 4.74 Å². The molecule has 2 saturated heterocycles. The number of ether oxygens (including phenoxy) is 1. The molecule has 0 aromatic carbocycles. The second kappa shape index (κ2) is 4.60. The van der Waals surface area contributed by atoms with Crippen LogP contribution in [0.25, 0.3) is 0 Å². The molecule has 3 fully saturated rings. The van der Waals surface area contributed by atoms with Crippen LogP contribution in [0.2, 0.25) is 0 Å². The summed E-state index contributed by atoms with van der Waals surface area (Å²) in [6, 6.07) is 0. The van der Waals surface area contributed by atoms with Gasteiger partial charge in [-0.15, -0.1) is 0 Å². The minimum atomic E-state index is 0.175. The first-order chi connectivity index (χ1) is 9.35. The van der Waals surface area contributed by atoms with E-state index in [0.29, 0.717) is 11.5 Å². The molecular formula is C15H23N3O. The zero-order valence-corrected chi connectivity index (χ0v) is 11.5. The van der Waals surface area contributed by atoms with Crippen molar-refractivity contribution in [2.45, 2.75) is 62.6 Å². The first-order valence-electron chi connectivity index (χ1n) is 7.75. The van der Waals surface area contributed by atoms with Gasteiger partial charge in [-0.05, 0) is 56.4 Å². The molecule has 104 valence electrons. The first-order valence-corrected chi connectivity index (χ1v) is 7.75. The van der Waals surface area contributed by atoms with Crippen LogP contribution in [0.1, 0.15) is 62.7 Å². The molecule has 1 aromatic rings. The highest BCUT2D eigenvalue weighted by Gasteiger charge is 2.44. The zero-order chi connectivity index (χ0) is 12.7. The van der Waals surface area contributed by atoms with Gasteiger partial charge in [0.1, 0.15) is 6.23 Å². The number of nitrogens with one attached hydrogen (secondary N) is 1. The van der Waals surface area contributed by atoms with Crippen LogP contribution in [0.3, 0.4) is 0 Å². The highest BCUT2D eigenvalue weighted by Crippen LogP contribution is 2.44. The molecule has 3 aliphatic rings. The number of piperidine rings is 1. The van der Waals surface area contributed by atoms with E-state index in [-0.39, 0.29) is 6.23 Å². The molecule has 1 aromatic heterocycles. The van der Waals surface area contributed by atoms with Gasteiger partial charge in [0.25, 0.3) is 0 Å². The normalized spacial score (nSPS) is 33.5. The maximum Gasteiger partial charge on any atom is 0.150 e. The second-order valence-corrected chi connectivity index (χ2v) is 6.47. The van der Waals surface area contributed by atoms with Crippen LogP contribution >= 0.6 is 0 Å².